The third kappa shape index (κ3) is 3.64. The summed E-state index contributed by atoms with van der Waals surface area (Å²) in [6, 6.07) is 3.68. The number of carbonyl (C=O) groups excluding carboxylic acids is 1. The Labute approximate surface area is 162 Å². The van der Waals surface area contributed by atoms with Gasteiger partial charge in [0.2, 0.25) is 5.95 Å². The number of aryl methyl sites for hydroxylation is 1. The van der Waals surface area contributed by atoms with E-state index in [4.69, 9.17) is 14.9 Å². The van der Waals surface area contributed by atoms with Gasteiger partial charge in [-0.15, -0.1) is 0 Å². The van der Waals surface area contributed by atoms with Crippen molar-refractivity contribution < 1.29 is 13.9 Å². The second kappa shape index (κ2) is 7.49. The van der Waals surface area contributed by atoms with Crippen LogP contribution in [0.15, 0.2) is 16.5 Å². The Kier molecular flexibility index (Phi) is 4.89. The van der Waals surface area contributed by atoms with Crippen LogP contribution >= 0.6 is 0 Å². The minimum Gasteiger partial charge on any atom is -0.469 e. The molecule has 3 aromatic rings. The second-order valence-corrected chi connectivity index (χ2v) is 7.17. The molecular formula is C19H24N6O3. The van der Waals surface area contributed by atoms with Gasteiger partial charge in [0.25, 0.3) is 0 Å². The first kappa shape index (κ1) is 18.3. The topological polar surface area (TPSA) is 123 Å². The lowest BCUT2D eigenvalue weighted by atomic mass is 9.93. The zero-order valence-corrected chi connectivity index (χ0v) is 16.1. The molecule has 1 unspecified atom stereocenters. The fourth-order valence-electron chi connectivity index (χ4n) is 3.64. The number of nitrogens with zero attached hydrogens (tertiary/aromatic N) is 4. The number of methoxy groups -OCH3 is 1. The van der Waals surface area contributed by atoms with Gasteiger partial charge in [0.1, 0.15) is 11.3 Å². The third-order valence-electron chi connectivity index (χ3n) is 5.13. The van der Waals surface area contributed by atoms with Crippen LogP contribution in [0, 0.1) is 12.8 Å². The quantitative estimate of drug-likeness (QED) is 0.644. The largest absolute Gasteiger partial charge is 0.469 e. The van der Waals surface area contributed by atoms with E-state index in [0.717, 1.165) is 44.1 Å². The number of anilines is 2. The molecule has 0 spiro atoms. The van der Waals surface area contributed by atoms with Crippen molar-refractivity contribution in [1.82, 2.24) is 19.9 Å². The molecule has 9 heteroatoms. The molecule has 1 aliphatic heterocycles. The van der Waals surface area contributed by atoms with E-state index in [2.05, 4.69) is 24.8 Å². The number of nitrogen functional groups attached to an aromatic ring is 1. The van der Waals surface area contributed by atoms with Crippen molar-refractivity contribution in [1.29, 1.82) is 0 Å². The van der Waals surface area contributed by atoms with Gasteiger partial charge in [0.15, 0.2) is 23.0 Å². The highest BCUT2D eigenvalue weighted by atomic mass is 16.5. The first-order valence-corrected chi connectivity index (χ1v) is 9.45. The number of hydrogen-bond acceptors (Lipinski definition) is 8. The molecule has 1 aliphatic rings. The first-order chi connectivity index (χ1) is 13.5. The molecule has 0 saturated carbocycles. The number of imidazole rings is 1. The van der Waals surface area contributed by atoms with E-state index in [1.165, 1.54) is 7.11 Å². The number of nitrogens with one attached hydrogen (secondary N) is 1. The minimum atomic E-state index is -0.162. The van der Waals surface area contributed by atoms with Crippen molar-refractivity contribution in [2.24, 2.45) is 5.92 Å². The Morgan fingerprint density at radius 2 is 2.25 bits per heavy atom. The number of rotatable bonds is 5. The van der Waals surface area contributed by atoms with E-state index in [0.29, 0.717) is 40.9 Å². The maximum absolute atomic E-state index is 11.4. The van der Waals surface area contributed by atoms with Crippen LogP contribution in [-0.4, -0.2) is 46.1 Å². The molecule has 1 atom stereocenters. The minimum absolute atomic E-state index is 0.162. The number of aromatic nitrogens is 4. The zero-order chi connectivity index (χ0) is 19.7. The maximum Gasteiger partial charge on any atom is 0.305 e. The van der Waals surface area contributed by atoms with E-state index in [1.54, 1.807) is 0 Å². The van der Waals surface area contributed by atoms with Gasteiger partial charge >= 0.3 is 5.97 Å². The van der Waals surface area contributed by atoms with Crippen LogP contribution in [-0.2, 0) is 9.53 Å². The Hall–Kier alpha value is -3.10. The van der Waals surface area contributed by atoms with Gasteiger partial charge in [-0.25, -0.2) is 9.97 Å². The number of nitrogens with two attached hydrogens (primary N) is 1. The summed E-state index contributed by atoms with van der Waals surface area (Å²) in [7, 11) is 1.42. The van der Waals surface area contributed by atoms with Crippen molar-refractivity contribution >= 4 is 28.9 Å². The predicted molar refractivity (Wildman–Crippen MR) is 105 cm³/mol. The second-order valence-electron chi connectivity index (χ2n) is 7.17. The van der Waals surface area contributed by atoms with Gasteiger partial charge in [-0.3, -0.25) is 4.79 Å². The fraction of sp³-hybridized carbons (Fsp3) is 0.474. The van der Waals surface area contributed by atoms with E-state index in [-0.39, 0.29) is 5.97 Å². The molecule has 3 N–H and O–H groups in total. The summed E-state index contributed by atoms with van der Waals surface area (Å²) in [5.74, 6) is 3.10. The molecule has 1 fully saturated rings. The average Bonchev–Trinajstić information content (AvgIpc) is 3.33. The molecule has 28 heavy (non-hydrogen) atoms. The Morgan fingerprint density at radius 1 is 1.39 bits per heavy atom. The summed E-state index contributed by atoms with van der Waals surface area (Å²) in [5, 5.41) is 0. The number of hydrogen-bond donors (Lipinski definition) is 2. The molecule has 0 bridgehead atoms. The molecule has 0 radical (unpaired) electrons. The van der Waals surface area contributed by atoms with Gasteiger partial charge < -0.3 is 24.8 Å². The van der Waals surface area contributed by atoms with Crippen LogP contribution in [0.4, 0.5) is 11.8 Å². The van der Waals surface area contributed by atoms with Crippen molar-refractivity contribution in [2.45, 2.75) is 32.6 Å². The van der Waals surface area contributed by atoms with Crippen molar-refractivity contribution in [3.8, 4) is 11.6 Å². The smallest absolute Gasteiger partial charge is 0.305 e. The molecule has 0 aliphatic carbocycles. The monoisotopic (exact) mass is 384 g/mol. The normalized spacial score (nSPS) is 17.2. The van der Waals surface area contributed by atoms with Crippen LogP contribution < -0.4 is 10.6 Å². The van der Waals surface area contributed by atoms with Crippen LogP contribution in [0.1, 0.15) is 31.4 Å². The predicted octanol–water partition coefficient (Wildman–Crippen LogP) is 2.67. The molecule has 4 rings (SSSR count). The van der Waals surface area contributed by atoms with E-state index in [9.17, 15) is 4.79 Å². The summed E-state index contributed by atoms with van der Waals surface area (Å²) < 4.78 is 10.3. The van der Waals surface area contributed by atoms with E-state index >= 15 is 0 Å². The SMILES string of the molecule is COC(=O)CCC1CCCN(c2nc3nc(-c4ccc(C)o4)nc(N)c3[nH]2)C1. The number of furan rings is 1. The van der Waals surface area contributed by atoms with Gasteiger partial charge in [-0.1, -0.05) is 0 Å². The lowest BCUT2D eigenvalue weighted by Gasteiger charge is -2.32. The number of piperidine rings is 1. The lowest BCUT2D eigenvalue weighted by Crippen LogP contribution is -2.36. The maximum atomic E-state index is 11.4. The molecule has 148 valence electrons. The number of ether oxygens (including phenoxy) is 1. The zero-order valence-electron chi connectivity index (χ0n) is 16.1. The summed E-state index contributed by atoms with van der Waals surface area (Å²) in [4.78, 5) is 30.4. The molecule has 0 amide bonds. The first-order valence-electron chi connectivity index (χ1n) is 9.45. The van der Waals surface area contributed by atoms with Crippen LogP contribution in [0.2, 0.25) is 0 Å². The molecular weight excluding hydrogens is 360 g/mol. The summed E-state index contributed by atoms with van der Waals surface area (Å²) in [6.45, 7) is 3.59. The van der Waals surface area contributed by atoms with Gasteiger partial charge in [-0.2, -0.15) is 4.98 Å². The van der Waals surface area contributed by atoms with Crippen molar-refractivity contribution in [2.75, 3.05) is 30.8 Å². The number of H-pyrrole nitrogens is 1. The molecule has 3 aromatic heterocycles. The van der Waals surface area contributed by atoms with E-state index < -0.39 is 0 Å². The Balaban J connectivity index is 1.55. The summed E-state index contributed by atoms with van der Waals surface area (Å²) in [6.07, 6.45) is 3.39. The van der Waals surface area contributed by atoms with Gasteiger partial charge in [-0.05, 0) is 44.2 Å². The van der Waals surface area contributed by atoms with Gasteiger partial charge in [0.05, 0.1) is 7.11 Å². The molecule has 0 aromatic carbocycles. The van der Waals surface area contributed by atoms with Gasteiger partial charge in [0, 0.05) is 19.5 Å². The molecule has 1 saturated heterocycles. The fourth-order valence-corrected chi connectivity index (χ4v) is 3.64. The lowest BCUT2D eigenvalue weighted by molar-refractivity contribution is -0.140. The van der Waals surface area contributed by atoms with Crippen LogP contribution in [0.5, 0.6) is 0 Å². The number of carbonyl (C=O) groups is 1. The number of fused-ring (bicyclic) bond motifs is 1. The number of esters is 1. The highest BCUT2D eigenvalue weighted by molar-refractivity contribution is 5.85. The van der Waals surface area contributed by atoms with Crippen molar-refractivity contribution in [3.05, 3.63) is 17.9 Å². The highest BCUT2D eigenvalue weighted by Gasteiger charge is 2.24. The van der Waals surface area contributed by atoms with E-state index in [1.807, 2.05) is 19.1 Å². The highest BCUT2D eigenvalue weighted by Crippen LogP contribution is 2.28. The van der Waals surface area contributed by atoms with Crippen LogP contribution in [0.25, 0.3) is 22.7 Å². The summed E-state index contributed by atoms with van der Waals surface area (Å²) in [5.41, 5.74) is 7.27. The Bertz CT molecular complexity index is 995. The average molecular weight is 384 g/mol. The number of aromatic amines is 1. The molecule has 4 heterocycles. The summed E-state index contributed by atoms with van der Waals surface area (Å²) >= 11 is 0. The third-order valence-corrected chi connectivity index (χ3v) is 5.13. The Morgan fingerprint density at radius 3 is 3.00 bits per heavy atom. The van der Waals surface area contributed by atoms with Crippen LogP contribution in [0.3, 0.4) is 0 Å². The van der Waals surface area contributed by atoms with Crippen molar-refractivity contribution in [3.63, 3.8) is 0 Å². The molecule has 9 nitrogen and oxygen atoms in total. The standard InChI is InChI=1S/C19H24N6O3/c1-11-5-7-13(28-11)17-22-16(20)15-18(23-17)24-19(21-15)25-9-3-4-12(10-25)6-8-14(26)27-2/h5,7,12H,3-4,6,8-10H2,1-2H3,(H3,20,21,22,23,24).